The molecule has 0 saturated carbocycles. The zero-order valence-corrected chi connectivity index (χ0v) is 22.0. The molecule has 2 aliphatic heterocycles. The first-order valence-electron chi connectivity index (χ1n) is 13.2. The van der Waals surface area contributed by atoms with Crippen molar-refractivity contribution >= 4 is 39.9 Å². The van der Waals surface area contributed by atoms with Gasteiger partial charge in [-0.05, 0) is 60.4 Å². The number of carbonyl (C=O) groups is 1. The van der Waals surface area contributed by atoms with E-state index in [4.69, 9.17) is 9.72 Å². The van der Waals surface area contributed by atoms with Crippen LogP contribution in [0.25, 0.3) is 16.7 Å². The molecule has 1 aromatic carbocycles. The number of nitrogens with zero attached hydrogens (tertiary/aromatic N) is 8. The Labute approximate surface area is 230 Å². The van der Waals surface area contributed by atoms with Crippen LogP contribution in [0.2, 0.25) is 0 Å². The van der Waals surface area contributed by atoms with Gasteiger partial charge in [0, 0.05) is 37.6 Å². The minimum absolute atomic E-state index is 0.0694. The molecule has 0 unspecified atom stereocenters. The Hall–Kier alpha value is -5.06. The molecule has 1 amide bonds. The van der Waals surface area contributed by atoms with Gasteiger partial charge in [-0.25, -0.2) is 24.5 Å². The fraction of sp³-hybridized carbons (Fsp3) is 0.241. The highest BCUT2D eigenvalue weighted by atomic mass is 16.5. The minimum atomic E-state index is -0.0765. The number of aromatic nitrogens is 6. The van der Waals surface area contributed by atoms with Crippen molar-refractivity contribution in [2.75, 3.05) is 36.5 Å². The minimum Gasteiger partial charge on any atom is -0.487 e. The molecule has 1 atom stereocenters. The van der Waals surface area contributed by atoms with E-state index in [9.17, 15) is 4.79 Å². The van der Waals surface area contributed by atoms with Crippen molar-refractivity contribution in [2.45, 2.75) is 19.4 Å². The number of amides is 1. The van der Waals surface area contributed by atoms with Gasteiger partial charge in [0.05, 0.1) is 11.6 Å². The van der Waals surface area contributed by atoms with Gasteiger partial charge in [-0.1, -0.05) is 12.6 Å². The maximum Gasteiger partial charge on any atom is 0.246 e. The number of benzene rings is 1. The first-order chi connectivity index (χ1) is 19.6. The molecule has 200 valence electrons. The fourth-order valence-electron chi connectivity index (χ4n) is 5.46. The summed E-state index contributed by atoms with van der Waals surface area (Å²) in [6.45, 7) is 8.03. The van der Waals surface area contributed by atoms with Crippen molar-refractivity contribution in [3.63, 3.8) is 0 Å². The molecule has 1 saturated heterocycles. The lowest BCUT2D eigenvalue weighted by atomic mass is 10.0. The Morgan fingerprint density at radius 3 is 2.95 bits per heavy atom. The summed E-state index contributed by atoms with van der Waals surface area (Å²) in [5.74, 6) is 1.96. The van der Waals surface area contributed by atoms with Crippen LogP contribution in [0, 0.1) is 6.92 Å². The Morgan fingerprint density at radius 1 is 1.15 bits per heavy atom. The van der Waals surface area contributed by atoms with Gasteiger partial charge in [0.25, 0.3) is 0 Å². The summed E-state index contributed by atoms with van der Waals surface area (Å²) in [5, 5.41) is 7.62. The van der Waals surface area contributed by atoms with Gasteiger partial charge in [0.1, 0.15) is 24.8 Å². The van der Waals surface area contributed by atoms with Crippen molar-refractivity contribution in [3.8, 4) is 5.75 Å². The number of pyridine rings is 2. The molecule has 6 heterocycles. The summed E-state index contributed by atoms with van der Waals surface area (Å²) in [4.78, 5) is 34.6. The molecular formula is C29H27N9O2. The van der Waals surface area contributed by atoms with Crippen LogP contribution in [0.5, 0.6) is 5.75 Å². The van der Waals surface area contributed by atoms with Crippen LogP contribution < -0.4 is 15.0 Å². The number of rotatable bonds is 5. The number of hydrogen-bond donors (Lipinski definition) is 1. The molecule has 5 aromatic rings. The molecule has 1 N–H and O–H groups in total. The summed E-state index contributed by atoms with van der Waals surface area (Å²) in [6, 6.07) is 12.3. The second-order valence-corrected chi connectivity index (χ2v) is 10.1. The molecule has 1 fully saturated rings. The molecule has 0 spiro atoms. The topological polar surface area (TPSA) is 114 Å². The van der Waals surface area contributed by atoms with Crippen molar-refractivity contribution in [3.05, 3.63) is 84.6 Å². The smallest absolute Gasteiger partial charge is 0.246 e. The molecule has 40 heavy (non-hydrogen) atoms. The van der Waals surface area contributed by atoms with Crippen molar-refractivity contribution < 1.29 is 9.53 Å². The Morgan fingerprint density at radius 2 is 2.08 bits per heavy atom. The average molecular weight is 534 g/mol. The van der Waals surface area contributed by atoms with E-state index in [1.807, 2.05) is 17.2 Å². The summed E-state index contributed by atoms with van der Waals surface area (Å²) in [6.07, 6.45) is 7.18. The van der Waals surface area contributed by atoms with Crippen LogP contribution in [0.15, 0.2) is 67.9 Å². The fourth-order valence-corrected chi connectivity index (χ4v) is 5.46. The normalized spacial score (nSPS) is 16.4. The molecule has 7 rings (SSSR count). The third kappa shape index (κ3) is 4.25. The number of fused-ring (bicyclic) bond motifs is 6. The van der Waals surface area contributed by atoms with Crippen LogP contribution >= 0.6 is 0 Å². The highest BCUT2D eigenvalue weighted by molar-refractivity contribution is 5.90. The standard InChI is InChI=1S/C29H27N9O2/c1-3-26(39)37-9-8-36-14-22(37)15-40-24-13-23-27(35-29(24)36)28(32-16-30-23)34-21-5-4-20(18(2)10-21)11-19-6-7-38-25(12-19)31-17-33-38/h3-7,10,12-13,16-17,22H,1,8-9,11,14-15H2,2H3,(H,30,32,34)/t22-/m1/s1. The van der Waals surface area contributed by atoms with Crippen LogP contribution in [0.4, 0.5) is 17.3 Å². The Bertz CT molecular complexity index is 1780. The van der Waals surface area contributed by atoms with Crippen LogP contribution in [-0.2, 0) is 11.2 Å². The average Bonchev–Trinajstić information content (AvgIpc) is 3.40. The maximum absolute atomic E-state index is 12.3. The molecule has 11 nitrogen and oxygen atoms in total. The number of anilines is 3. The van der Waals surface area contributed by atoms with Crippen molar-refractivity contribution in [1.29, 1.82) is 0 Å². The van der Waals surface area contributed by atoms with Gasteiger partial charge < -0.3 is 19.9 Å². The van der Waals surface area contributed by atoms with Crippen LogP contribution in [0.1, 0.15) is 16.7 Å². The van der Waals surface area contributed by atoms with Crippen molar-refractivity contribution in [2.24, 2.45) is 0 Å². The number of nitrogens with one attached hydrogen (secondary N) is 1. The highest BCUT2D eigenvalue weighted by Crippen LogP contribution is 2.36. The predicted molar refractivity (Wildman–Crippen MR) is 151 cm³/mol. The van der Waals surface area contributed by atoms with Gasteiger partial charge >= 0.3 is 0 Å². The quantitative estimate of drug-likeness (QED) is 0.340. The highest BCUT2D eigenvalue weighted by Gasteiger charge is 2.34. The first-order valence-corrected chi connectivity index (χ1v) is 13.2. The van der Waals surface area contributed by atoms with E-state index in [-0.39, 0.29) is 11.9 Å². The van der Waals surface area contributed by atoms with E-state index >= 15 is 0 Å². The molecular weight excluding hydrogens is 506 g/mol. The van der Waals surface area contributed by atoms with Crippen LogP contribution in [0.3, 0.4) is 0 Å². The summed E-state index contributed by atoms with van der Waals surface area (Å²) in [5.41, 5.74) is 6.67. The molecule has 0 radical (unpaired) electrons. The SMILES string of the molecule is C=CC(=O)N1CCN2C[C@@H]1COc1cc3ncnc(Nc4ccc(Cc5ccn6ncnc6c5)c(C)c4)c3nc12. The van der Waals surface area contributed by atoms with Gasteiger partial charge in [0.2, 0.25) is 5.91 Å². The third-order valence-corrected chi connectivity index (χ3v) is 7.57. The number of hydrogen-bond acceptors (Lipinski definition) is 9. The first kappa shape index (κ1) is 24.0. The molecule has 11 heteroatoms. The van der Waals surface area contributed by atoms with E-state index < -0.39 is 0 Å². The molecule has 0 aliphatic carbocycles. The Kier molecular flexibility index (Phi) is 5.76. The van der Waals surface area contributed by atoms with Gasteiger partial charge in [-0.15, -0.1) is 0 Å². The van der Waals surface area contributed by atoms with E-state index in [1.54, 1.807) is 10.8 Å². The maximum atomic E-state index is 12.3. The largest absolute Gasteiger partial charge is 0.487 e. The molecule has 2 aliphatic rings. The number of ether oxygens (including phenoxy) is 1. The summed E-state index contributed by atoms with van der Waals surface area (Å²) >= 11 is 0. The Balaban J connectivity index is 1.15. The van der Waals surface area contributed by atoms with E-state index in [0.717, 1.165) is 29.1 Å². The van der Waals surface area contributed by atoms with Crippen molar-refractivity contribution in [1.82, 2.24) is 34.4 Å². The zero-order chi connectivity index (χ0) is 27.2. The van der Waals surface area contributed by atoms with Crippen LogP contribution in [-0.4, -0.2) is 72.6 Å². The van der Waals surface area contributed by atoms with Gasteiger partial charge in [0.15, 0.2) is 23.0 Å². The number of piperazine rings is 1. The number of carbonyl (C=O) groups excluding carboxylic acids is 1. The number of aryl methyl sites for hydroxylation is 1. The predicted octanol–water partition coefficient (Wildman–Crippen LogP) is 3.31. The second kappa shape index (κ2) is 9.60. The summed E-state index contributed by atoms with van der Waals surface area (Å²) < 4.78 is 7.89. The monoisotopic (exact) mass is 533 g/mol. The lowest BCUT2D eigenvalue weighted by molar-refractivity contribution is -0.129. The van der Waals surface area contributed by atoms with E-state index in [0.29, 0.717) is 48.8 Å². The summed E-state index contributed by atoms with van der Waals surface area (Å²) in [7, 11) is 0. The molecule has 4 aromatic heterocycles. The lowest BCUT2D eigenvalue weighted by Gasteiger charge is -2.39. The molecule has 2 bridgehead atoms. The van der Waals surface area contributed by atoms with Gasteiger partial charge in [-0.2, -0.15) is 5.10 Å². The second-order valence-electron chi connectivity index (χ2n) is 10.1. The zero-order valence-electron chi connectivity index (χ0n) is 22.0. The lowest BCUT2D eigenvalue weighted by Crippen LogP contribution is -2.56. The third-order valence-electron chi connectivity index (χ3n) is 7.57. The van der Waals surface area contributed by atoms with E-state index in [2.05, 4.69) is 74.1 Å². The van der Waals surface area contributed by atoms with Gasteiger partial charge in [-0.3, -0.25) is 4.79 Å². The van der Waals surface area contributed by atoms with E-state index in [1.165, 1.54) is 23.5 Å².